The lowest BCUT2D eigenvalue weighted by atomic mass is 9.94. The molecular formula is C22H23F3N6O2. The van der Waals surface area contributed by atoms with Crippen molar-refractivity contribution in [1.82, 2.24) is 19.5 Å². The highest BCUT2D eigenvalue weighted by atomic mass is 19.4. The average molecular weight is 460 g/mol. The van der Waals surface area contributed by atoms with Crippen LogP contribution in [0.5, 0.6) is 11.5 Å². The number of benzene rings is 1. The summed E-state index contributed by atoms with van der Waals surface area (Å²) in [5.41, 5.74) is 0.613. The zero-order chi connectivity index (χ0) is 23.4. The summed E-state index contributed by atoms with van der Waals surface area (Å²) in [6, 6.07) is 4.67. The molecule has 3 heterocycles. The molecule has 1 aliphatic heterocycles. The third-order valence-corrected chi connectivity index (χ3v) is 6.35. The van der Waals surface area contributed by atoms with Gasteiger partial charge in [0.05, 0.1) is 42.5 Å². The summed E-state index contributed by atoms with van der Waals surface area (Å²) < 4.78 is 54.0. The van der Waals surface area contributed by atoms with E-state index in [9.17, 15) is 13.2 Å². The SMILES string of the molecule is COc1cc(Nc2ncc3c(n2)N(C)C(C2(C(F)(F)F)CC2)CO3)ccc1-n1cnc(C)c1. The summed E-state index contributed by atoms with van der Waals surface area (Å²) in [4.78, 5) is 14.5. The van der Waals surface area contributed by atoms with E-state index in [-0.39, 0.29) is 25.4 Å². The van der Waals surface area contributed by atoms with Crippen LogP contribution in [0, 0.1) is 12.3 Å². The van der Waals surface area contributed by atoms with Crippen molar-refractivity contribution in [3.63, 3.8) is 0 Å². The van der Waals surface area contributed by atoms with Gasteiger partial charge in [-0.2, -0.15) is 18.2 Å². The molecular weight excluding hydrogens is 437 g/mol. The predicted molar refractivity (Wildman–Crippen MR) is 116 cm³/mol. The van der Waals surface area contributed by atoms with Gasteiger partial charge in [-0.25, -0.2) is 9.97 Å². The highest BCUT2D eigenvalue weighted by molar-refractivity contribution is 5.64. The Balaban J connectivity index is 1.40. The first kappa shape index (κ1) is 21.4. The van der Waals surface area contributed by atoms with Crippen LogP contribution in [0.15, 0.2) is 36.9 Å². The maximum Gasteiger partial charge on any atom is 0.396 e. The Hall–Kier alpha value is -3.50. The molecule has 5 rings (SSSR count). The molecule has 0 radical (unpaired) electrons. The lowest BCUT2D eigenvalue weighted by Gasteiger charge is -2.40. The number of aromatic nitrogens is 4. The Morgan fingerprint density at radius 2 is 2.03 bits per heavy atom. The Morgan fingerprint density at radius 3 is 2.67 bits per heavy atom. The Morgan fingerprint density at radius 1 is 1.24 bits per heavy atom. The van der Waals surface area contributed by atoms with Crippen molar-refractivity contribution < 1.29 is 22.6 Å². The van der Waals surface area contributed by atoms with Gasteiger partial charge in [0.1, 0.15) is 12.4 Å². The van der Waals surface area contributed by atoms with Gasteiger partial charge in [-0.1, -0.05) is 0 Å². The Labute approximate surface area is 188 Å². The lowest BCUT2D eigenvalue weighted by molar-refractivity contribution is -0.195. The summed E-state index contributed by atoms with van der Waals surface area (Å²) in [6.07, 6.45) is 0.980. The quantitative estimate of drug-likeness (QED) is 0.610. The van der Waals surface area contributed by atoms with Gasteiger partial charge in [0, 0.05) is 25.0 Å². The molecule has 8 nitrogen and oxygen atoms in total. The van der Waals surface area contributed by atoms with E-state index >= 15 is 0 Å². The molecule has 0 spiro atoms. The second kappa shape index (κ2) is 7.53. The molecule has 0 bridgehead atoms. The topological polar surface area (TPSA) is 77.3 Å². The van der Waals surface area contributed by atoms with E-state index in [0.717, 1.165) is 11.4 Å². The molecule has 33 heavy (non-hydrogen) atoms. The van der Waals surface area contributed by atoms with Gasteiger partial charge < -0.3 is 24.3 Å². The summed E-state index contributed by atoms with van der Waals surface area (Å²) in [5.74, 6) is 1.55. The highest BCUT2D eigenvalue weighted by Crippen LogP contribution is 2.62. The van der Waals surface area contributed by atoms with Gasteiger partial charge in [0.15, 0.2) is 11.6 Å². The molecule has 11 heteroatoms. The van der Waals surface area contributed by atoms with Gasteiger partial charge in [0.2, 0.25) is 5.95 Å². The van der Waals surface area contributed by atoms with Crippen molar-refractivity contribution in [1.29, 1.82) is 0 Å². The number of imidazole rings is 1. The van der Waals surface area contributed by atoms with E-state index in [0.29, 0.717) is 23.0 Å². The maximum absolute atomic E-state index is 13.7. The van der Waals surface area contributed by atoms with Crippen molar-refractivity contribution in [3.05, 3.63) is 42.6 Å². The normalized spacial score (nSPS) is 19.0. The number of hydrogen-bond donors (Lipinski definition) is 1. The van der Waals surface area contributed by atoms with E-state index in [1.165, 1.54) is 6.20 Å². The molecule has 1 N–H and O–H groups in total. The summed E-state index contributed by atoms with van der Waals surface area (Å²) >= 11 is 0. The van der Waals surface area contributed by atoms with E-state index < -0.39 is 17.6 Å². The van der Waals surface area contributed by atoms with Crippen LogP contribution in [0.25, 0.3) is 5.69 Å². The van der Waals surface area contributed by atoms with Gasteiger partial charge >= 0.3 is 6.18 Å². The molecule has 1 saturated carbocycles. The molecule has 1 aliphatic carbocycles. The molecule has 1 aromatic carbocycles. The lowest BCUT2D eigenvalue weighted by Crippen LogP contribution is -2.52. The number of hydrogen-bond acceptors (Lipinski definition) is 7. The summed E-state index contributed by atoms with van der Waals surface area (Å²) in [7, 11) is 3.20. The largest absolute Gasteiger partial charge is 0.494 e. The fourth-order valence-electron chi connectivity index (χ4n) is 4.33. The standard InChI is InChI=1S/C22H23F3N6O2/c1-13-10-31(12-27-13)15-5-4-14(8-16(15)32-3)28-20-26-9-17-19(29-20)30(2)18(11-33-17)21(6-7-21)22(23,24)25/h4-5,8-10,12,18H,6-7,11H2,1-3H3,(H,26,28,29). The summed E-state index contributed by atoms with van der Waals surface area (Å²) in [6.45, 7) is 1.85. The number of anilines is 3. The van der Waals surface area contributed by atoms with Crippen LogP contribution in [-0.2, 0) is 0 Å². The molecule has 174 valence electrons. The second-order valence-corrected chi connectivity index (χ2v) is 8.41. The van der Waals surface area contributed by atoms with E-state index in [2.05, 4.69) is 20.3 Å². The van der Waals surface area contributed by atoms with E-state index in [1.807, 2.05) is 29.8 Å². The minimum atomic E-state index is -4.28. The number of halogens is 3. The molecule has 2 aromatic heterocycles. The van der Waals surface area contributed by atoms with Crippen LogP contribution in [0.1, 0.15) is 18.5 Å². The number of alkyl halides is 3. The van der Waals surface area contributed by atoms with Crippen molar-refractivity contribution in [2.45, 2.75) is 32.0 Å². The minimum absolute atomic E-state index is 0.0501. The first-order valence-corrected chi connectivity index (χ1v) is 10.5. The third kappa shape index (κ3) is 3.61. The molecule has 1 unspecified atom stereocenters. The first-order valence-electron chi connectivity index (χ1n) is 10.5. The van der Waals surface area contributed by atoms with E-state index in [4.69, 9.17) is 9.47 Å². The molecule has 0 saturated heterocycles. The van der Waals surface area contributed by atoms with Gasteiger partial charge in [0.25, 0.3) is 0 Å². The number of ether oxygens (including phenoxy) is 2. The van der Waals surface area contributed by atoms with Crippen molar-refractivity contribution in [3.8, 4) is 17.2 Å². The fourth-order valence-corrected chi connectivity index (χ4v) is 4.33. The maximum atomic E-state index is 13.7. The van der Waals surface area contributed by atoms with Crippen LogP contribution in [0.2, 0.25) is 0 Å². The molecule has 0 amide bonds. The number of fused-ring (bicyclic) bond motifs is 1. The second-order valence-electron chi connectivity index (χ2n) is 8.41. The first-order chi connectivity index (χ1) is 15.7. The molecule has 1 fully saturated rings. The van der Waals surface area contributed by atoms with Crippen molar-refractivity contribution in [2.75, 3.05) is 31.0 Å². The average Bonchev–Trinajstić information content (AvgIpc) is 3.49. The van der Waals surface area contributed by atoms with Gasteiger partial charge in [-0.05, 0) is 31.9 Å². The number of aryl methyl sites for hydroxylation is 1. The van der Waals surface area contributed by atoms with E-state index in [1.54, 1.807) is 31.5 Å². The van der Waals surface area contributed by atoms with Gasteiger partial charge in [-0.3, -0.25) is 0 Å². The third-order valence-electron chi connectivity index (χ3n) is 6.35. The summed E-state index contributed by atoms with van der Waals surface area (Å²) in [5, 5.41) is 3.10. The number of nitrogens with zero attached hydrogens (tertiary/aromatic N) is 5. The van der Waals surface area contributed by atoms with Gasteiger partial charge in [-0.15, -0.1) is 0 Å². The molecule has 2 aliphatic rings. The van der Waals surface area contributed by atoms with Crippen molar-refractivity contribution in [2.24, 2.45) is 5.41 Å². The van der Waals surface area contributed by atoms with Crippen molar-refractivity contribution >= 4 is 17.5 Å². The number of rotatable bonds is 5. The monoisotopic (exact) mass is 460 g/mol. The smallest absolute Gasteiger partial charge is 0.396 e. The zero-order valence-electron chi connectivity index (χ0n) is 18.3. The number of methoxy groups -OCH3 is 1. The van der Waals surface area contributed by atoms with Crippen LogP contribution < -0.4 is 19.7 Å². The van der Waals surface area contributed by atoms with Crippen LogP contribution in [0.3, 0.4) is 0 Å². The van der Waals surface area contributed by atoms with Crippen LogP contribution >= 0.6 is 0 Å². The van der Waals surface area contributed by atoms with Crippen LogP contribution in [-0.4, -0.2) is 52.5 Å². The molecule has 3 aromatic rings. The zero-order valence-corrected chi connectivity index (χ0v) is 18.3. The molecule has 1 atom stereocenters. The Kier molecular flexibility index (Phi) is 4.87. The Bertz CT molecular complexity index is 1190. The van der Waals surface area contributed by atoms with Crippen LogP contribution in [0.4, 0.5) is 30.6 Å². The fraction of sp³-hybridized carbons (Fsp3) is 0.409. The minimum Gasteiger partial charge on any atom is -0.494 e. The number of likely N-dealkylation sites (N-methyl/N-ethyl adjacent to an activating group) is 1. The highest BCUT2D eigenvalue weighted by Gasteiger charge is 2.69. The predicted octanol–water partition coefficient (Wildman–Crippen LogP) is 4.26. The number of nitrogens with one attached hydrogen (secondary N) is 1.